The van der Waals surface area contributed by atoms with Crippen LogP contribution in [0.3, 0.4) is 0 Å². The van der Waals surface area contributed by atoms with Gasteiger partial charge in [-0.15, -0.1) is 0 Å². The summed E-state index contributed by atoms with van der Waals surface area (Å²) in [6, 6.07) is 0. The number of nitrogens with one attached hydrogen (secondary N) is 2. The normalized spacial score (nSPS) is 9.09. The average Bonchev–Trinajstić information content (AvgIpc) is 1.87. The first-order valence-electron chi connectivity index (χ1n) is 3.46. The molecule has 0 bridgehead atoms. The summed E-state index contributed by atoms with van der Waals surface area (Å²) in [5, 5.41) is 14.7. The van der Waals surface area contributed by atoms with Gasteiger partial charge in [0, 0.05) is 21.1 Å². The molecule has 0 unspecified atom stereocenters. The molecule has 2 N–H and O–H groups in total. The largest absolute Gasteiger partial charge is 0.365 e. The molecule has 0 aliphatic rings. The molecule has 0 aliphatic carbocycles. The molecule has 0 aliphatic heterocycles. The summed E-state index contributed by atoms with van der Waals surface area (Å²) in [5.41, 5.74) is 0. The molecule has 0 aromatic heterocycles. The highest BCUT2D eigenvalue weighted by atomic mass is 15.2. The first-order chi connectivity index (χ1) is 4.95. The Kier molecular flexibility index (Phi) is 3.57. The van der Waals surface area contributed by atoms with Crippen molar-refractivity contribution in [1.29, 1.82) is 10.8 Å². The highest BCUT2D eigenvalue weighted by Crippen LogP contribution is 1.87. The third-order valence-electron chi connectivity index (χ3n) is 1.50. The first-order valence-corrected chi connectivity index (χ1v) is 3.46. The van der Waals surface area contributed by atoms with E-state index in [1.807, 2.05) is 14.1 Å². The van der Waals surface area contributed by atoms with Crippen LogP contribution in [0.25, 0.3) is 0 Å². The van der Waals surface area contributed by atoms with Crippen LogP contribution in [-0.4, -0.2) is 49.2 Å². The molecule has 4 nitrogen and oxygen atoms in total. The Hall–Kier alpha value is -1.06. The maximum atomic E-state index is 7.45. The zero-order valence-corrected chi connectivity index (χ0v) is 7.60. The molecule has 0 heterocycles. The zero-order valence-electron chi connectivity index (χ0n) is 7.60. The Balaban J connectivity index is 3.85. The highest BCUT2D eigenvalue weighted by molar-refractivity contribution is 5.86. The maximum absolute atomic E-state index is 7.45. The standard InChI is InChI=1S/C7H16N4/c1-6(8)11(4)5-7(9)10(2)3/h8-9H,5H2,1-4H3. The molecule has 0 atom stereocenters. The minimum Gasteiger partial charge on any atom is -0.365 e. The lowest BCUT2D eigenvalue weighted by molar-refractivity contribution is 0.516. The zero-order chi connectivity index (χ0) is 9.02. The van der Waals surface area contributed by atoms with Gasteiger partial charge in [-0.25, -0.2) is 0 Å². The van der Waals surface area contributed by atoms with Crippen molar-refractivity contribution in [2.24, 2.45) is 0 Å². The van der Waals surface area contributed by atoms with E-state index in [1.165, 1.54) is 0 Å². The van der Waals surface area contributed by atoms with Crippen molar-refractivity contribution < 1.29 is 0 Å². The molecule has 64 valence electrons. The van der Waals surface area contributed by atoms with Gasteiger partial charge < -0.3 is 9.80 Å². The van der Waals surface area contributed by atoms with Gasteiger partial charge in [0.2, 0.25) is 0 Å². The molecule has 0 fully saturated rings. The van der Waals surface area contributed by atoms with Crippen LogP contribution in [0.15, 0.2) is 0 Å². The van der Waals surface area contributed by atoms with Gasteiger partial charge >= 0.3 is 0 Å². The lowest BCUT2D eigenvalue weighted by atomic mass is 10.4. The summed E-state index contributed by atoms with van der Waals surface area (Å²) in [7, 11) is 5.46. The topological polar surface area (TPSA) is 54.2 Å². The summed E-state index contributed by atoms with van der Waals surface area (Å²) in [4.78, 5) is 3.46. The Labute approximate surface area is 67.8 Å². The SMILES string of the molecule is CC(=N)N(C)CC(=N)N(C)C. The maximum Gasteiger partial charge on any atom is 0.115 e. The quantitative estimate of drug-likeness (QED) is 0.450. The molecule has 4 heteroatoms. The summed E-state index contributed by atoms with van der Waals surface area (Å²) in [6.07, 6.45) is 0. The summed E-state index contributed by atoms with van der Waals surface area (Å²) < 4.78 is 0. The third kappa shape index (κ3) is 3.60. The Morgan fingerprint density at radius 1 is 1.18 bits per heavy atom. The lowest BCUT2D eigenvalue weighted by Crippen LogP contribution is -2.35. The molecular weight excluding hydrogens is 140 g/mol. The molecule has 0 rings (SSSR count). The van der Waals surface area contributed by atoms with Crippen molar-refractivity contribution in [3.05, 3.63) is 0 Å². The van der Waals surface area contributed by atoms with Gasteiger partial charge in [-0.1, -0.05) is 0 Å². The van der Waals surface area contributed by atoms with Gasteiger partial charge in [0.25, 0.3) is 0 Å². The predicted molar refractivity (Wildman–Crippen MR) is 47.4 cm³/mol. The van der Waals surface area contributed by atoms with E-state index in [4.69, 9.17) is 10.8 Å². The molecule has 0 radical (unpaired) electrons. The fourth-order valence-electron chi connectivity index (χ4n) is 0.485. The molecule has 0 aromatic rings. The Bertz CT molecular complexity index is 162. The van der Waals surface area contributed by atoms with Gasteiger partial charge in [0.05, 0.1) is 12.4 Å². The van der Waals surface area contributed by atoms with Crippen molar-refractivity contribution >= 4 is 11.7 Å². The number of hydrogen-bond donors (Lipinski definition) is 2. The van der Waals surface area contributed by atoms with E-state index in [0.717, 1.165) is 0 Å². The second-order valence-corrected chi connectivity index (χ2v) is 2.78. The van der Waals surface area contributed by atoms with Crippen LogP contribution >= 0.6 is 0 Å². The van der Waals surface area contributed by atoms with E-state index in [9.17, 15) is 0 Å². The fourth-order valence-corrected chi connectivity index (χ4v) is 0.485. The molecule has 0 amide bonds. The molecule has 0 saturated heterocycles. The van der Waals surface area contributed by atoms with E-state index in [-0.39, 0.29) is 0 Å². The van der Waals surface area contributed by atoms with E-state index in [1.54, 1.807) is 23.8 Å². The second kappa shape index (κ2) is 3.95. The Morgan fingerprint density at radius 3 is 1.91 bits per heavy atom. The highest BCUT2D eigenvalue weighted by Gasteiger charge is 2.03. The van der Waals surface area contributed by atoms with E-state index in [2.05, 4.69) is 0 Å². The molecular formula is C7H16N4. The van der Waals surface area contributed by atoms with Crippen LogP contribution in [0.1, 0.15) is 6.92 Å². The number of nitrogens with zero attached hydrogens (tertiary/aromatic N) is 2. The van der Waals surface area contributed by atoms with Crippen LogP contribution < -0.4 is 0 Å². The van der Waals surface area contributed by atoms with E-state index in [0.29, 0.717) is 18.2 Å². The predicted octanol–water partition coefficient (Wildman–Crippen LogP) is 0.454. The number of hydrogen-bond acceptors (Lipinski definition) is 2. The van der Waals surface area contributed by atoms with Crippen molar-refractivity contribution in [1.82, 2.24) is 9.80 Å². The van der Waals surface area contributed by atoms with Crippen LogP contribution in [0.2, 0.25) is 0 Å². The van der Waals surface area contributed by atoms with Crippen LogP contribution in [0, 0.1) is 10.8 Å². The summed E-state index contributed by atoms with van der Waals surface area (Å²) in [6.45, 7) is 2.21. The van der Waals surface area contributed by atoms with Crippen LogP contribution in [0.4, 0.5) is 0 Å². The van der Waals surface area contributed by atoms with Gasteiger partial charge in [0.1, 0.15) is 5.84 Å². The monoisotopic (exact) mass is 156 g/mol. The minimum absolute atomic E-state index is 0.483. The minimum atomic E-state index is 0.483. The first kappa shape index (κ1) is 9.94. The van der Waals surface area contributed by atoms with Gasteiger partial charge in [-0.2, -0.15) is 0 Å². The Morgan fingerprint density at radius 2 is 1.64 bits per heavy atom. The van der Waals surface area contributed by atoms with Crippen LogP contribution in [-0.2, 0) is 0 Å². The smallest absolute Gasteiger partial charge is 0.115 e. The summed E-state index contributed by atoms with van der Waals surface area (Å²) in [5.74, 6) is 0.996. The van der Waals surface area contributed by atoms with Gasteiger partial charge in [-0.05, 0) is 6.92 Å². The van der Waals surface area contributed by atoms with Crippen LogP contribution in [0.5, 0.6) is 0 Å². The number of amidine groups is 2. The average molecular weight is 156 g/mol. The van der Waals surface area contributed by atoms with Gasteiger partial charge in [-0.3, -0.25) is 10.8 Å². The number of rotatable bonds is 2. The van der Waals surface area contributed by atoms with E-state index < -0.39 is 0 Å². The molecule has 11 heavy (non-hydrogen) atoms. The molecule has 0 spiro atoms. The lowest BCUT2D eigenvalue weighted by Gasteiger charge is -2.21. The number of likely N-dealkylation sites (N-methyl/N-ethyl adjacent to an activating group) is 2. The van der Waals surface area contributed by atoms with Crippen molar-refractivity contribution in [2.45, 2.75) is 6.92 Å². The van der Waals surface area contributed by atoms with E-state index >= 15 is 0 Å². The fraction of sp³-hybridized carbons (Fsp3) is 0.714. The van der Waals surface area contributed by atoms with Crippen molar-refractivity contribution in [3.8, 4) is 0 Å². The van der Waals surface area contributed by atoms with Crippen molar-refractivity contribution in [2.75, 3.05) is 27.7 Å². The van der Waals surface area contributed by atoms with Crippen molar-refractivity contribution in [3.63, 3.8) is 0 Å². The third-order valence-corrected chi connectivity index (χ3v) is 1.50. The molecule has 0 aromatic carbocycles. The van der Waals surface area contributed by atoms with Gasteiger partial charge in [0.15, 0.2) is 0 Å². The second-order valence-electron chi connectivity index (χ2n) is 2.78. The summed E-state index contributed by atoms with van der Waals surface area (Å²) >= 11 is 0. The molecule has 0 saturated carbocycles.